The van der Waals surface area contributed by atoms with Crippen molar-refractivity contribution in [3.8, 4) is 0 Å². The van der Waals surface area contributed by atoms with E-state index in [0.717, 1.165) is 18.2 Å². The van der Waals surface area contributed by atoms with Crippen LogP contribution in [0.3, 0.4) is 0 Å². The van der Waals surface area contributed by atoms with Crippen molar-refractivity contribution in [3.05, 3.63) is 56.2 Å². The molecule has 0 spiro atoms. The molecule has 0 N–H and O–H groups in total. The highest BCUT2D eigenvalue weighted by Gasteiger charge is 2.11. The van der Waals surface area contributed by atoms with E-state index in [1.54, 1.807) is 0 Å². The van der Waals surface area contributed by atoms with E-state index in [4.69, 9.17) is 0 Å². The van der Waals surface area contributed by atoms with Crippen LogP contribution in [0.25, 0.3) is 0 Å². The van der Waals surface area contributed by atoms with Crippen molar-refractivity contribution < 1.29 is 0 Å². The van der Waals surface area contributed by atoms with Crippen molar-refractivity contribution >= 4 is 43.2 Å². The van der Waals surface area contributed by atoms with E-state index >= 15 is 0 Å². The molecule has 1 heterocycles. The predicted molar refractivity (Wildman–Crippen MR) is 87.9 cm³/mol. The zero-order valence-electron chi connectivity index (χ0n) is 10.3. The van der Waals surface area contributed by atoms with Gasteiger partial charge < -0.3 is 0 Å². The minimum absolute atomic E-state index is 0.665. The highest BCUT2D eigenvalue weighted by molar-refractivity contribution is 9.10. The SMILES string of the molecule is Cc1ccc(CC(CBr)Cc2cc(Br)cs2)cc1. The Morgan fingerprint density at radius 3 is 2.44 bits per heavy atom. The summed E-state index contributed by atoms with van der Waals surface area (Å²) >= 11 is 9.00. The van der Waals surface area contributed by atoms with E-state index in [0.29, 0.717) is 5.92 Å². The average Bonchev–Trinajstić information content (AvgIpc) is 2.77. The number of thiophene rings is 1. The van der Waals surface area contributed by atoms with Gasteiger partial charge in [-0.25, -0.2) is 0 Å². The minimum Gasteiger partial charge on any atom is -0.148 e. The van der Waals surface area contributed by atoms with Crippen LogP contribution >= 0.6 is 43.2 Å². The minimum atomic E-state index is 0.665. The van der Waals surface area contributed by atoms with Gasteiger partial charge in [0.1, 0.15) is 0 Å². The van der Waals surface area contributed by atoms with Crippen LogP contribution in [-0.2, 0) is 12.8 Å². The first kappa shape index (κ1) is 14.3. The fourth-order valence-corrected chi connectivity index (χ4v) is 4.01. The molecular weight excluding hydrogens is 372 g/mol. The van der Waals surface area contributed by atoms with E-state index in [1.807, 2.05) is 11.3 Å². The fraction of sp³-hybridized carbons (Fsp3) is 0.333. The lowest BCUT2D eigenvalue weighted by molar-refractivity contribution is 0.596. The zero-order valence-corrected chi connectivity index (χ0v) is 14.3. The molecule has 0 aliphatic heterocycles. The third-order valence-corrected chi connectivity index (χ3v) is 5.61. The number of alkyl halides is 1. The van der Waals surface area contributed by atoms with Crippen LogP contribution in [0, 0.1) is 12.8 Å². The van der Waals surface area contributed by atoms with Crippen molar-refractivity contribution in [1.82, 2.24) is 0 Å². The smallest absolute Gasteiger partial charge is 0.0285 e. The topological polar surface area (TPSA) is 0 Å². The maximum Gasteiger partial charge on any atom is 0.0285 e. The van der Waals surface area contributed by atoms with E-state index in [-0.39, 0.29) is 0 Å². The summed E-state index contributed by atoms with van der Waals surface area (Å²) in [7, 11) is 0. The summed E-state index contributed by atoms with van der Waals surface area (Å²) in [4.78, 5) is 1.46. The van der Waals surface area contributed by atoms with Crippen molar-refractivity contribution in [2.24, 2.45) is 5.92 Å². The summed E-state index contributed by atoms with van der Waals surface area (Å²) in [5.41, 5.74) is 2.76. The molecule has 1 aromatic heterocycles. The molecule has 0 aliphatic carbocycles. The summed E-state index contributed by atoms with van der Waals surface area (Å²) in [6.45, 7) is 2.13. The molecule has 1 aromatic carbocycles. The van der Waals surface area contributed by atoms with Crippen molar-refractivity contribution in [2.45, 2.75) is 19.8 Å². The molecule has 0 bridgehead atoms. The molecule has 2 rings (SSSR count). The van der Waals surface area contributed by atoms with Gasteiger partial charge >= 0.3 is 0 Å². The van der Waals surface area contributed by atoms with Crippen LogP contribution in [-0.4, -0.2) is 5.33 Å². The Labute approximate surface area is 130 Å². The summed E-state index contributed by atoms with van der Waals surface area (Å²) in [5.74, 6) is 0.665. The normalized spacial score (nSPS) is 12.6. The number of rotatable bonds is 5. The number of halogens is 2. The Kier molecular flexibility index (Phi) is 5.46. The summed E-state index contributed by atoms with van der Waals surface area (Å²) < 4.78 is 1.20. The molecule has 3 heteroatoms. The second-order valence-corrected chi connectivity index (χ2v) is 7.20. The van der Waals surface area contributed by atoms with Crippen LogP contribution in [0.5, 0.6) is 0 Å². The Hall–Kier alpha value is -0.120. The van der Waals surface area contributed by atoms with Crippen molar-refractivity contribution in [1.29, 1.82) is 0 Å². The molecular formula is C15H16Br2S. The molecule has 18 heavy (non-hydrogen) atoms. The maximum atomic E-state index is 3.65. The van der Waals surface area contributed by atoms with Crippen molar-refractivity contribution in [2.75, 3.05) is 5.33 Å². The maximum absolute atomic E-state index is 3.65. The summed E-state index contributed by atoms with van der Waals surface area (Å²) in [6.07, 6.45) is 2.29. The standard InChI is InChI=1S/C15H16Br2S/c1-11-2-4-12(5-3-11)6-13(9-16)7-15-8-14(17)10-18-15/h2-5,8,10,13H,6-7,9H2,1H3. The predicted octanol–water partition coefficient (Wildman–Crippen LogP) is 5.62. The van der Waals surface area contributed by atoms with E-state index in [2.05, 4.69) is 74.5 Å². The van der Waals surface area contributed by atoms with Crippen LogP contribution in [0.1, 0.15) is 16.0 Å². The highest BCUT2D eigenvalue weighted by atomic mass is 79.9. The second-order valence-electron chi connectivity index (χ2n) is 4.65. The fourth-order valence-electron chi connectivity index (χ4n) is 1.98. The molecule has 0 saturated carbocycles. The van der Waals surface area contributed by atoms with Gasteiger partial charge in [0.15, 0.2) is 0 Å². The lowest BCUT2D eigenvalue weighted by Gasteiger charge is -2.13. The van der Waals surface area contributed by atoms with Gasteiger partial charge in [0.2, 0.25) is 0 Å². The van der Waals surface area contributed by atoms with Crippen LogP contribution in [0.2, 0.25) is 0 Å². The molecule has 0 nitrogen and oxygen atoms in total. The van der Waals surface area contributed by atoms with E-state index < -0.39 is 0 Å². The third kappa shape index (κ3) is 4.22. The number of hydrogen-bond donors (Lipinski definition) is 0. The van der Waals surface area contributed by atoms with Crippen molar-refractivity contribution in [3.63, 3.8) is 0 Å². The highest BCUT2D eigenvalue weighted by Crippen LogP contribution is 2.24. The van der Waals surface area contributed by atoms with Crippen LogP contribution in [0.15, 0.2) is 40.2 Å². The first-order valence-corrected chi connectivity index (χ1v) is 8.81. The third-order valence-electron chi connectivity index (χ3n) is 2.97. The largest absolute Gasteiger partial charge is 0.148 e. The lowest BCUT2D eigenvalue weighted by Crippen LogP contribution is -2.09. The van der Waals surface area contributed by atoms with Gasteiger partial charge in [-0.15, -0.1) is 11.3 Å². The zero-order chi connectivity index (χ0) is 13.0. The van der Waals surface area contributed by atoms with Gasteiger partial charge in [-0.05, 0) is 53.2 Å². The molecule has 1 atom stereocenters. The molecule has 0 amide bonds. The molecule has 0 radical (unpaired) electrons. The van der Waals surface area contributed by atoms with E-state index in [9.17, 15) is 0 Å². The van der Waals surface area contributed by atoms with Crippen LogP contribution in [0.4, 0.5) is 0 Å². The van der Waals surface area contributed by atoms with Gasteiger partial charge in [0.25, 0.3) is 0 Å². The Bertz CT molecular complexity index is 487. The molecule has 0 fully saturated rings. The molecule has 1 unspecified atom stereocenters. The van der Waals surface area contributed by atoms with Crippen LogP contribution < -0.4 is 0 Å². The Morgan fingerprint density at radius 1 is 1.17 bits per heavy atom. The quantitative estimate of drug-likeness (QED) is 0.584. The second kappa shape index (κ2) is 6.88. The first-order chi connectivity index (χ1) is 8.67. The number of aryl methyl sites for hydroxylation is 1. The monoisotopic (exact) mass is 386 g/mol. The summed E-state index contributed by atoms with van der Waals surface area (Å²) in [5, 5.41) is 3.21. The Balaban J connectivity index is 1.99. The first-order valence-electron chi connectivity index (χ1n) is 6.02. The number of benzene rings is 1. The number of hydrogen-bond acceptors (Lipinski definition) is 1. The molecule has 0 saturated heterocycles. The average molecular weight is 388 g/mol. The van der Waals surface area contributed by atoms with Gasteiger partial charge in [0, 0.05) is 20.1 Å². The van der Waals surface area contributed by atoms with Gasteiger partial charge in [-0.2, -0.15) is 0 Å². The van der Waals surface area contributed by atoms with E-state index in [1.165, 1.54) is 20.5 Å². The molecule has 2 aromatic rings. The molecule has 0 aliphatic rings. The molecule has 96 valence electrons. The Morgan fingerprint density at radius 2 is 1.89 bits per heavy atom. The van der Waals surface area contributed by atoms with Gasteiger partial charge in [0.05, 0.1) is 0 Å². The van der Waals surface area contributed by atoms with Gasteiger partial charge in [-0.1, -0.05) is 45.8 Å². The summed E-state index contributed by atoms with van der Waals surface area (Å²) in [6, 6.07) is 11.1. The van der Waals surface area contributed by atoms with Gasteiger partial charge in [-0.3, -0.25) is 0 Å². The lowest BCUT2D eigenvalue weighted by atomic mass is 9.97.